The van der Waals surface area contributed by atoms with Gasteiger partial charge >= 0.3 is 0 Å². The van der Waals surface area contributed by atoms with E-state index < -0.39 is 0 Å². The molecule has 132 valence electrons. The summed E-state index contributed by atoms with van der Waals surface area (Å²) >= 11 is 5.88. The average molecular weight is 359 g/mol. The molecule has 0 aromatic heterocycles. The van der Waals surface area contributed by atoms with Crippen molar-refractivity contribution in [2.75, 3.05) is 13.1 Å². The molecule has 0 bridgehead atoms. The molecule has 2 aromatic rings. The number of nitrogens with one attached hydrogen (secondary N) is 1. The number of benzene rings is 2. The van der Waals surface area contributed by atoms with Gasteiger partial charge in [-0.2, -0.15) is 0 Å². The van der Waals surface area contributed by atoms with Crippen molar-refractivity contribution < 1.29 is 9.59 Å². The number of amides is 2. The maximum absolute atomic E-state index is 11.9. The van der Waals surface area contributed by atoms with Crippen LogP contribution < -0.4 is 5.32 Å². The van der Waals surface area contributed by atoms with Gasteiger partial charge in [-0.25, -0.2) is 0 Å². The minimum atomic E-state index is -0.0199. The molecule has 0 unspecified atom stereocenters. The Bertz CT molecular complexity index is 687. The molecular formula is C20H23ClN2O2. The molecule has 4 nitrogen and oxygen atoms in total. The molecule has 2 rings (SSSR count). The smallest absolute Gasteiger partial charge is 0.220 e. The fourth-order valence-electron chi connectivity index (χ4n) is 2.48. The second-order valence-corrected chi connectivity index (χ2v) is 6.34. The molecule has 1 N–H and O–H groups in total. The van der Waals surface area contributed by atoms with Gasteiger partial charge in [0, 0.05) is 38.0 Å². The van der Waals surface area contributed by atoms with E-state index in [-0.39, 0.29) is 11.8 Å². The van der Waals surface area contributed by atoms with E-state index in [9.17, 15) is 9.59 Å². The first kappa shape index (κ1) is 19.0. The lowest BCUT2D eigenvalue weighted by atomic mass is 10.1. The van der Waals surface area contributed by atoms with Crippen LogP contribution in [0.25, 0.3) is 0 Å². The number of hydrogen-bond acceptors (Lipinski definition) is 2. The topological polar surface area (TPSA) is 49.4 Å². The highest BCUT2D eigenvalue weighted by Gasteiger charge is 2.10. The fourth-order valence-corrected chi connectivity index (χ4v) is 2.61. The van der Waals surface area contributed by atoms with E-state index in [1.807, 2.05) is 42.5 Å². The monoisotopic (exact) mass is 358 g/mol. The molecule has 5 heteroatoms. The van der Waals surface area contributed by atoms with Gasteiger partial charge in [-0.05, 0) is 29.7 Å². The molecule has 0 saturated heterocycles. The maximum Gasteiger partial charge on any atom is 0.220 e. The second kappa shape index (κ2) is 9.84. The molecule has 0 spiro atoms. The summed E-state index contributed by atoms with van der Waals surface area (Å²) in [5, 5.41) is 3.55. The van der Waals surface area contributed by atoms with Gasteiger partial charge in [-0.15, -0.1) is 0 Å². The van der Waals surface area contributed by atoms with E-state index >= 15 is 0 Å². The molecule has 0 heterocycles. The summed E-state index contributed by atoms with van der Waals surface area (Å²) in [5.74, 6) is -0.0210. The van der Waals surface area contributed by atoms with Gasteiger partial charge in [0.2, 0.25) is 11.8 Å². The van der Waals surface area contributed by atoms with Crippen molar-refractivity contribution in [2.24, 2.45) is 0 Å². The van der Waals surface area contributed by atoms with Crippen molar-refractivity contribution in [1.82, 2.24) is 10.2 Å². The molecule has 0 aliphatic heterocycles. The number of nitrogens with zero attached hydrogens (tertiary/aromatic N) is 1. The third-order valence-electron chi connectivity index (χ3n) is 3.92. The summed E-state index contributed by atoms with van der Waals surface area (Å²) in [4.78, 5) is 25.4. The predicted molar refractivity (Wildman–Crippen MR) is 100 cm³/mol. The molecule has 0 atom stereocenters. The van der Waals surface area contributed by atoms with Crippen LogP contribution in [-0.2, 0) is 22.6 Å². The summed E-state index contributed by atoms with van der Waals surface area (Å²) in [5.41, 5.74) is 2.15. The van der Waals surface area contributed by atoms with Crippen LogP contribution in [0.3, 0.4) is 0 Å². The Kier molecular flexibility index (Phi) is 7.48. The molecule has 25 heavy (non-hydrogen) atoms. The van der Waals surface area contributed by atoms with E-state index in [4.69, 9.17) is 11.6 Å². The SMILES string of the molecule is CC(=O)N(CCNC(=O)CCc1ccccc1)Cc1ccc(Cl)cc1. The van der Waals surface area contributed by atoms with Crippen molar-refractivity contribution in [3.63, 3.8) is 0 Å². The van der Waals surface area contributed by atoms with Crippen molar-refractivity contribution in [1.29, 1.82) is 0 Å². The van der Waals surface area contributed by atoms with Crippen LogP contribution in [0.15, 0.2) is 54.6 Å². The van der Waals surface area contributed by atoms with E-state index in [0.717, 1.165) is 11.1 Å². The quantitative estimate of drug-likeness (QED) is 0.785. The first-order valence-corrected chi connectivity index (χ1v) is 8.73. The van der Waals surface area contributed by atoms with Crippen LogP contribution in [-0.4, -0.2) is 29.8 Å². The maximum atomic E-state index is 11.9. The van der Waals surface area contributed by atoms with Gasteiger partial charge in [0.15, 0.2) is 0 Å². The van der Waals surface area contributed by atoms with Crippen LogP contribution in [0.5, 0.6) is 0 Å². The number of halogens is 1. The first-order chi connectivity index (χ1) is 12.0. The van der Waals surface area contributed by atoms with Crippen LogP contribution in [0.2, 0.25) is 5.02 Å². The highest BCUT2D eigenvalue weighted by Crippen LogP contribution is 2.11. The average Bonchev–Trinajstić information content (AvgIpc) is 2.61. The zero-order valence-electron chi connectivity index (χ0n) is 14.4. The van der Waals surface area contributed by atoms with Gasteiger partial charge in [-0.1, -0.05) is 54.1 Å². The molecular weight excluding hydrogens is 336 g/mol. The summed E-state index contributed by atoms with van der Waals surface area (Å²) in [6.07, 6.45) is 1.16. The molecule has 0 radical (unpaired) electrons. The molecule has 2 amide bonds. The zero-order chi connectivity index (χ0) is 18.1. The van der Waals surface area contributed by atoms with Crippen LogP contribution in [0.1, 0.15) is 24.5 Å². The number of carbonyl (C=O) groups excluding carboxylic acids is 2. The van der Waals surface area contributed by atoms with Gasteiger partial charge in [0.25, 0.3) is 0 Å². The van der Waals surface area contributed by atoms with Crippen LogP contribution in [0.4, 0.5) is 0 Å². The Labute approximate surface area is 153 Å². The van der Waals surface area contributed by atoms with Crippen molar-refractivity contribution in [2.45, 2.75) is 26.3 Å². The Balaban J connectivity index is 1.74. The van der Waals surface area contributed by atoms with E-state index in [1.54, 1.807) is 17.0 Å². The Morgan fingerprint density at radius 3 is 2.32 bits per heavy atom. The van der Waals surface area contributed by atoms with Crippen molar-refractivity contribution >= 4 is 23.4 Å². The summed E-state index contributed by atoms with van der Waals surface area (Å²) in [6, 6.07) is 17.3. The third kappa shape index (κ3) is 6.98. The molecule has 0 saturated carbocycles. The minimum absolute atomic E-state index is 0.00107. The lowest BCUT2D eigenvalue weighted by Crippen LogP contribution is -2.37. The predicted octanol–water partition coefficient (Wildman–Crippen LogP) is 3.44. The largest absolute Gasteiger partial charge is 0.354 e. The number of hydrogen-bond donors (Lipinski definition) is 1. The van der Waals surface area contributed by atoms with Gasteiger partial charge in [-0.3, -0.25) is 9.59 Å². The zero-order valence-corrected chi connectivity index (χ0v) is 15.1. The van der Waals surface area contributed by atoms with Gasteiger partial charge in [0.1, 0.15) is 0 Å². The lowest BCUT2D eigenvalue weighted by Gasteiger charge is -2.21. The first-order valence-electron chi connectivity index (χ1n) is 8.35. The number of carbonyl (C=O) groups is 2. The molecule has 0 aliphatic carbocycles. The van der Waals surface area contributed by atoms with E-state index in [2.05, 4.69) is 5.32 Å². The highest BCUT2D eigenvalue weighted by molar-refractivity contribution is 6.30. The number of rotatable bonds is 8. The van der Waals surface area contributed by atoms with E-state index in [1.165, 1.54) is 6.92 Å². The Morgan fingerprint density at radius 2 is 1.68 bits per heavy atom. The normalized spacial score (nSPS) is 10.3. The van der Waals surface area contributed by atoms with E-state index in [0.29, 0.717) is 37.5 Å². The van der Waals surface area contributed by atoms with Crippen molar-refractivity contribution in [3.8, 4) is 0 Å². The van der Waals surface area contributed by atoms with Gasteiger partial charge in [0.05, 0.1) is 0 Å². The number of aryl methyl sites for hydroxylation is 1. The molecule has 0 aliphatic rings. The van der Waals surface area contributed by atoms with Crippen molar-refractivity contribution in [3.05, 3.63) is 70.7 Å². The summed E-state index contributed by atoms with van der Waals surface area (Å²) in [6.45, 7) is 2.97. The van der Waals surface area contributed by atoms with Gasteiger partial charge < -0.3 is 10.2 Å². The standard InChI is InChI=1S/C20H23ClN2O2/c1-16(24)23(15-18-7-10-19(21)11-8-18)14-13-22-20(25)12-9-17-5-3-2-4-6-17/h2-8,10-11H,9,12-15H2,1H3,(H,22,25). The summed E-state index contributed by atoms with van der Waals surface area (Å²) in [7, 11) is 0. The molecule has 2 aromatic carbocycles. The molecule has 0 fully saturated rings. The van der Waals surface area contributed by atoms with Crippen LogP contribution in [0, 0.1) is 0 Å². The highest BCUT2D eigenvalue weighted by atomic mass is 35.5. The Hall–Kier alpha value is -2.33. The third-order valence-corrected chi connectivity index (χ3v) is 4.17. The Morgan fingerprint density at radius 1 is 1.00 bits per heavy atom. The lowest BCUT2D eigenvalue weighted by molar-refractivity contribution is -0.130. The second-order valence-electron chi connectivity index (χ2n) is 5.90. The minimum Gasteiger partial charge on any atom is -0.354 e. The van der Waals surface area contributed by atoms with Crippen LogP contribution >= 0.6 is 11.6 Å². The fraction of sp³-hybridized carbons (Fsp3) is 0.300. The summed E-state index contributed by atoms with van der Waals surface area (Å²) < 4.78 is 0.